The molecule has 4 heterocycles. The summed E-state index contributed by atoms with van der Waals surface area (Å²) in [7, 11) is 0. The molecule has 0 bridgehead atoms. The fourth-order valence-electron chi connectivity index (χ4n) is 3.05. The molecule has 4 aromatic heterocycles. The molecule has 0 N–H and O–H groups in total. The zero-order valence-electron chi connectivity index (χ0n) is 16.1. The van der Waals surface area contributed by atoms with E-state index >= 15 is 0 Å². The molecule has 0 aliphatic carbocycles. The van der Waals surface area contributed by atoms with Crippen LogP contribution in [0.25, 0.3) is 11.6 Å². The molecule has 0 radical (unpaired) electrons. The van der Waals surface area contributed by atoms with Crippen LogP contribution in [0.5, 0.6) is 0 Å². The summed E-state index contributed by atoms with van der Waals surface area (Å²) in [5.74, 6) is 3.29. The van der Waals surface area contributed by atoms with E-state index in [0.29, 0.717) is 0 Å². The Hall–Kier alpha value is -2.62. The van der Waals surface area contributed by atoms with E-state index in [1.165, 1.54) is 0 Å². The van der Waals surface area contributed by atoms with E-state index in [4.69, 9.17) is 9.97 Å². The summed E-state index contributed by atoms with van der Waals surface area (Å²) in [5, 5.41) is 0. The first kappa shape index (κ1) is 20.1. The zero-order chi connectivity index (χ0) is 19.0. The van der Waals surface area contributed by atoms with Crippen LogP contribution >= 0.6 is 0 Å². The van der Waals surface area contributed by atoms with E-state index in [9.17, 15) is 0 Å². The normalized spacial score (nSPS) is 11.3. The fraction of sp³-hybridized carbons (Fsp3) is 0.238. The second kappa shape index (κ2) is 7.78. The third-order valence-electron chi connectivity index (χ3n) is 4.73. The maximum absolute atomic E-state index is 4.86. The molecular formula is C21H20N6Pd. The number of aryl methyl sites for hydroxylation is 2. The third-order valence-corrected chi connectivity index (χ3v) is 4.73. The molecule has 0 unspecified atom stereocenters. The Labute approximate surface area is 178 Å². The first-order chi connectivity index (χ1) is 13.0. The molecule has 0 saturated carbocycles. The Bertz CT molecular complexity index is 1010. The van der Waals surface area contributed by atoms with Crippen molar-refractivity contribution < 1.29 is 20.4 Å². The molecule has 144 valence electrons. The van der Waals surface area contributed by atoms with Crippen LogP contribution in [0.2, 0.25) is 0 Å². The average molecular weight is 463 g/mol. The molecule has 0 aromatic carbocycles. The van der Waals surface area contributed by atoms with Gasteiger partial charge in [0.25, 0.3) is 0 Å². The van der Waals surface area contributed by atoms with Gasteiger partial charge >= 0.3 is 20.4 Å². The van der Waals surface area contributed by atoms with Crippen molar-refractivity contribution in [3.63, 3.8) is 0 Å². The van der Waals surface area contributed by atoms with Gasteiger partial charge in [-0.05, 0) is 38.4 Å². The minimum Gasteiger partial charge on any atom is -0.451 e. The van der Waals surface area contributed by atoms with Gasteiger partial charge in [0.05, 0.1) is 0 Å². The smallest absolute Gasteiger partial charge is 0.451 e. The molecule has 0 atom stereocenters. The van der Waals surface area contributed by atoms with Gasteiger partial charge < -0.3 is 19.1 Å². The van der Waals surface area contributed by atoms with E-state index in [0.717, 1.165) is 34.7 Å². The molecular weight excluding hydrogens is 443 g/mol. The number of nitrogens with zero attached hydrogens (tertiary/aromatic N) is 6. The molecule has 0 aliphatic rings. The van der Waals surface area contributed by atoms with Crippen molar-refractivity contribution in [2.45, 2.75) is 33.1 Å². The van der Waals surface area contributed by atoms with Crippen molar-refractivity contribution >= 4 is 0 Å². The van der Waals surface area contributed by atoms with Gasteiger partial charge in [0.2, 0.25) is 0 Å². The van der Waals surface area contributed by atoms with Crippen molar-refractivity contribution in [1.29, 1.82) is 0 Å². The van der Waals surface area contributed by atoms with Gasteiger partial charge in [-0.3, -0.25) is 9.97 Å². The van der Waals surface area contributed by atoms with Crippen LogP contribution in [0.15, 0.2) is 48.8 Å². The molecule has 4 rings (SSSR count). The van der Waals surface area contributed by atoms with Gasteiger partial charge in [0.1, 0.15) is 0 Å². The first-order valence-corrected chi connectivity index (χ1v) is 8.77. The second-order valence-electron chi connectivity index (χ2n) is 6.93. The van der Waals surface area contributed by atoms with E-state index in [-0.39, 0.29) is 25.8 Å². The van der Waals surface area contributed by atoms with Crippen molar-refractivity contribution in [2.24, 2.45) is 0 Å². The standard InChI is InChI=1S/C21H20N6.Pd/c1-15-22-11-13-26(15)19-9-5-7-17(24-19)21(3,4)18-8-6-10-20(25-18)27-14-12-23-16(27)2;/h5-12H,1-4H3;/q-2;+2. The predicted molar refractivity (Wildman–Crippen MR) is 102 cm³/mol. The summed E-state index contributed by atoms with van der Waals surface area (Å²) in [6, 6.07) is 12.0. The van der Waals surface area contributed by atoms with Gasteiger partial charge in [-0.2, -0.15) is 0 Å². The molecule has 0 spiro atoms. The van der Waals surface area contributed by atoms with Gasteiger partial charge in [-0.1, -0.05) is 50.5 Å². The summed E-state index contributed by atoms with van der Waals surface area (Å²) < 4.78 is 3.71. The number of rotatable bonds is 4. The molecule has 6 nitrogen and oxygen atoms in total. The molecule has 7 heteroatoms. The quantitative estimate of drug-likeness (QED) is 0.344. The Morgan fingerprint density at radius 1 is 0.750 bits per heavy atom. The van der Waals surface area contributed by atoms with Crippen LogP contribution in [0.4, 0.5) is 0 Å². The summed E-state index contributed by atoms with van der Waals surface area (Å²) in [5.41, 5.74) is 1.48. The maximum atomic E-state index is 4.86. The number of hydrogen-bond acceptors (Lipinski definition) is 4. The predicted octanol–water partition coefficient (Wildman–Crippen LogP) is 3.39. The summed E-state index contributed by atoms with van der Waals surface area (Å²) in [4.78, 5) is 18.2. The Morgan fingerprint density at radius 2 is 1.18 bits per heavy atom. The van der Waals surface area contributed by atoms with E-state index in [1.807, 2.05) is 59.4 Å². The molecule has 0 fully saturated rings. The minimum absolute atomic E-state index is 0. The molecule has 4 aromatic rings. The fourth-order valence-corrected chi connectivity index (χ4v) is 3.05. The maximum Gasteiger partial charge on any atom is 2.00 e. The molecule has 0 aliphatic heterocycles. The molecule has 0 saturated heterocycles. The van der Waals surface area contributed by atoms with Gasteiger partial charge in [-0.25, -0.2) is 0 Å². The Balaban J connectivity index is 0.00000225. The van der Waals surface area contributed by atoms with Crippen LogP contribution in [0, 0.1) is 26.2 Å². The van der Waals surface area contributed by atoms with Crippen molar-refractivity contribution in [1.82, 2.24) is 29.1 Å². The monoisotopic (exact) mass is 462 g/mol. The minimum atomic E-state index is -0.380. The van der Waals surface area contributed by atoms with Crippen molar-refractivity contribution in [3.05, 3.63) is 84.2 Å². The van der Waals surface area contributed by atoms with Gasteiger partial charge in [0.15, 0.2) is 0 Å². The van der Waals surface area contributed by atoms with Gasteiger partial charge in [-0.15, -0.1) is 0 Å². The summed E-state index contributed by atoms with van der Waals surface area (Å²) >= 11 is 0. The summed E-state index contributed by atoms with van der Waals surface area (Å²) in [6.07, 6.45) is 9.49. The van der Waals surface area contributed by atoms with E-state index in [2.05, 4.69) is 36.2 Å². The Morgan fingerprint density at radius 3 is 1.54 bits per heavy atom. The van der Waals surface area contributed by atoms with Crippen molar-refractivity contribution in [2.75, 3.05) is 0 Å². The van der Waals surface area contributed by atoms with Crippen LogP contribution in [0.1, 0.15) is 36.9 Å². The number of aromatic nitrogens is 6. The largest absolute Gasteiger partial charge is 2.00 e. The SMILES string of the molecule is Cc1nc[c-]n1-c1cccc(C(C)(C)c2cccc(-n3[c-]cnc3C)n2)n1.[Pd+2]. The number of imidazole rings is 2. The van der Waals surface area contributed by atoms with Crippen LogP contribution < -0.4 is 0 Å². The zero-order valence-corrected chi connectivity index (χ0v) is 17.7. The number of hydrogen-bond donors (Lipinski definition) is 0. The number of pyridine rings is 2. The average Bonchev–Trinajstić information content (AvgIpc) is 3.30. The van der Waals surface area contributed by atoms with Crippen molar-refractivity contribution in [3.8, 4) is 11.6 Å². The third kappa shape index (κ3) is 3.56. The van der Waals surface area contributed by atoms with Crippen LogP contribution in [-0.4, -0.2) is 29.1 Å². The Kier molecular flexibility index (Phi) is 5.60. The molecule has 28 heavy (non-hydrogen) atoms. The summed E-state index contributed by atoms with van der Waals surface area (Å²) in [6.45, 7) is 8.12. The van der Waals surface area contributed by atoms with Crippen LogP contribution in [-0.2, 0) is 25.8 Å². The van der Waals surface area contributed by atoms with E-state index in [1.54, 1.807) is 12.4 Å². The molecule has 0 amide bonds. The topological polar surface area (TPSA) is 61.4 Å². The van der Waals surface area contributed by atoms with Crippen LogP contribution in [0.3, 0.4) is 0 Å². The van der Waals surface area contributed by atoms with Gasteiger partial charge in [0, 0.05) is 40.1 Å². The second-order valence-corrected chi connectivity index (χ2v) is 6.93. The first-order valence-electron chi connectivity index (χ1n) is 8.77. The van der Waals surface area contributed by atoms with E-state index < -0.39 is 0 Å².